The Balaban J connectivity index is 1.69. The fourth-order valence-corrected chi connectivity index (χ4v) is 2.89. The number of piperidine rings is 1. The van der Waals surface area contributed by atoms with Crippen LogP contribution in [0, 0.1) is 5.92 Å². The van der Waals surface area contributed by atoms with Crippen molar-refractivity contribution in [2.75, 3.05) is 26.2 Å². The molecule has 1 N–H and O–H groups in total. The average Bonchev–Trinajstić information content (AvgIpc) is 2.44. The minimum absolute atomic E-state index is 0.825. The first kappa shape index (κ1) is 14.8. The first-order valence-electron chi connectivity index (χ1n) is 7.45. The van der Waals surface area contributed by atoms with E-state index in [1.54, 1.807) is 0 Å². The van der Waals surface area contributed by atoms with Gasteiger partial charge in [-0.2, -0.15) is 0 Å². The van der Waals surface area contributed by atoms with Crippen molar-refractivity contribution >= 4 is 11.6 Å². The lowest BCUT2D eigenvalue weighted by atomic mass is 9.93. The van der Waals surface area contributed by atoms with Crippen molar-refractivity contribution in [1.29, 1.82) is 0 Å². The number of hydrogen-bond acceptors (Lipinski definition) is 2. The van der Waals surface area contributed by atoms with Crippen LogP contribution in [0.15, 0.2) is 24.3 Å². The summed E-state index contributed by atoms with van der Waals surface area (Å²) in [4.78, 5) is 2.56. The van der Waals surface area contributed by atoms with Crippen molar-refractivity contribution < 1.29 is 0 Å². The predicted molar refractivity (Wildman–Crippen MR) is 82.6 cm³/mol. The molecule has 1 aromatic rings. The van der Waals surface area contributed by atoms with E-state index in [1.165, 1.54) is 44.5 Å². The third-order valence-electron chi connectivity index (χ3n) is 4.01. The number of rotatable bonds is 6. The molecule has 2 nitrogen and oxygen atoms in total. The molecule has 0 saturated carbocycles. The number of hydrogen-bond donors (Lipinski definition) is 1. The lowest BCUT2D eigenvalue weighted by Crippen LogP contribution is -2.34. The SMILES string of the molecule is CCNCCC1CCN(Cc2ccc(Cl)cc2)CC1. The van der Waals surface area contributed by atoms with Crippen LogP contribution in [0.2, 0.25) is 5.02 Å². The third kappa shape index (κ3) is 5.13. The van der Waals surface area contributed by atoms with E-state index in [-0.39, 0.29) is 0 Å². The quantitative estimate of drug-likeness (QED) is 0.802. The van der Waals surface area contributed by atoms with Gasteiger partial charge in [0.15, 0.2) is 0 Å². The molecule has 106 valence electrons. The Morgan fingerprint density at radius 1 is 1.21 bits per heavy atom. The van der Waals surface area contributed by atoms with E-state index in [0.717, 1.165) is 24.0 Å². The molecule has 1 heterocycles. The first-order valence-corrected chi connectivity index (χ1v) is 7.83. The van der Waals surface area contributed by atoms with Gasteiger partial charge >= 0.3 is 0 Å². The summed E-state index contributed by atoms with van der Waals surface area (Å²) >= 11 is 5.91. The van der Waals surface area contributed by atoms with Crippen LogP contribution in [0.25, 0.3) is 0 Å². The Hall–Kier alpha value is -0.570. The van der Waals surface area contributed by atoms with E-state index < -0.39 is 0 Å². The number of nitrogens with zero attached hydrogens (tertiary/aromatic N) is 1. The van der Waals surface area contributed by atoms with E-state index in [0.29, 0.717) is 0 Å². The monoisotopic (exact) mass is 280 g/mol. The highest BCUT2D eigenvalue weighted by Gasteiger charge is 2.18. The second-order valence-electron chi connectivity index (χ2n) is 5.49. The number of benzene rings is 1. The van der Waals surface area contributed by atoms with Gasteiger partial charge in [0.05, 0.1) is 0 Å². The summed E-state index contributed by atoms with van der Waals surface area (Å²) in [5.41, 5.74) is 1.37. The molecule has 0 aliphatic carbocycles. The Morgan fingerprint density at radius 3 is 2.53 bits per heavy atom. The lowest BCUT2D eigenvalue weighted by molar-refractivity contribution is 0.172. The van der Waals surface area contributed by atoms with Gasteiger partial charge in [0.25, 0.3) is 0 Å². The van der Waals surface area contributed by atoms with E-state index in [2.05, 4.69) is 29.3 Å². The molecular formula is C16H25ClN2. The normalized spacial score (nSPS) is 17.8. The van der Waals surface area contributed by atoms with E-state index in [1.807, 2.05) is 12.1 Å². The van der Waals surface area contributed by atoms with Crippen molar-refractivity contribution in [3.63, 3.8) is 0 Å². The second-order valence-corrected chi connectivity index (χ2v) is 5.92. The van der Waals surface area contributed by atoms with Crippen molar-refractivity contribution in [3.05, 3.63) is 34.9 Å². The molecule has 2 rings (SSSR count). The van der Waals surface area contributed by atoms with Crippen LogP contribution in [-0.4, -0.2) is 31.1 Å². The van der Waals surface area contributed by atoms with Gasteiger partial charge in [-0.1, -0.05) is 30.7 Å². The molecule has 0 unspecified atom stereocenters. The Bertz CT molecular complexity index is 356. The maximum atomic E-state index is 5.91. The fraction of sp³-hybridized carbons (Fsp3) is 0.625. The van der Waals surface area contributed by atoms with Gasteiger partial charge in [0.2, 0.25) is 0 Å². The Kier molecular flexibility index (Phi) is 6.15. The van der Waals surface area contributed by atoms with Crippen molar-refractivity contribution in [1.82, 2.24) is 10.2 Å². The highest BCUT2D eigenvalue weighted by Crippen LogP contribution is 2.21. The topological polar surface area (TPSA) is 15.3 Å². The van der Waals surface area contributed by atoms with Crippen LogP contribution in [0.1, 0.15) is 31.7 Å². The highest BCUT2D eigenvalue weighted by molar-refractivity contribution is 6.30. The molecule has 1 aliphatic heterocycles. The molecule has 0 atom stereocenters. The molecule has 0 amide bonds. The average molecular weight is 281 g/mol. The Labute approximate surface area is 122 Å². The van der Waals surface area contributed by atoms with Crippen LogP contribution in [0.5, 0.6) is 0 Å². The lowest BCUT2D eigenvalue weighted by Gasteiger charge is -2.32. The number of halogens is 1. The second kappa shape index (κ2) is 7.88. The molecule has 0 spiro atoms. The van der Waals surface area contributed by atoms with Crippen LogP contribution in [-0.2, 0) is 6.54 Å². The first-order chi connectivity index (χ1) is 9.28. The molecule has 1 saturated heterocycles. The van der Waals surface area contributed by atoms with Gasteiger partial charge < -0.3 is 5.32 Å². The van der Waals surface area contributed by atoms with Gasteiger partial charge in [0.1, 0.15) is 0 Å². The number of nitrogens with one attached hydrogen (secondary N) is 1. The van der Waals surface area contributed by atoms with Crippen LogP contribution < -0.4 is 5.32 Å². The van der Waals surface area contributed by atoms with E-state index in [4.69, 9.17) is 11.6 Å². The van der Waals surface area contributed by atoms with Crippen LogP contribution in [0.4, 0.5) is 0 Å². The Morgan fingerprint density at radius 2 is 1.89 bits per heavy atom. The summed E-state index contributed by atoms with van der Waals surface area (Å²) in [7, 11) is 0. The molecule has 19 heavy (non-hydrogen) atoms. The van der Waals surface area contributed by atoms with Crippen molar-refractivity contribution in [3.8, 4) is 0 Å². The highest BCUT2D eigenvalue weighted by atomic mass is 35.5. The largest absolute Gasteiger partial charge is 0.317 e. The summed E-state index contributed by atoms with van der Waals surface area (Å²) < 4.78 is 0. The van der Waals surface area contributed by atoms with Crippen molar-refractivity contribution in [2.45, 2.75) is 32.7 Å². The summed E-state index contributed by atoms with van der Waals surface area (Å²) in [5, 5.41) is 4.25. The van der Waals surface area contributed by atoms with Gasteiger partial charge in [-0.05, 0) is 69.1 Å². The molecule has 0 radical (unpaired) electrons. The third-order valence-corrected chi connectivity index (χ3v) is 4.26. The number of likely N-dealkylation sites (tertiary alicyclic amines) is 1. The summed E-state index contributed by atoms with van der Waals surface area (Å²) in [6.07, 6.45) is 4.03. The zero-order valence-corrected chi connectivity index (χ0v) is 12.6. The zero-order valence-electron chi connectivity index (χ0n) is 11.9. The standard InChI is InChI=1S/C16H25ClN2/c1-2-18-10-7-14-8-11-19(12-9-14)13-15-3-5-16(17)6-4-15/h3-6,14,18H,2,7-13H2,1H3. The zero-order chi connectivity index (χ0) is 13.5. The molecule has 1 aromatic carbocycles. The molecule has 0 aromatic heterocycles. The van der Waals surface area contributed by atoms with Gasteiger partial charge in [-0.25, -0.2) is 0 Å². The van der Waals surface area contributed by atoms with E-state index in [9.17, 15) is 0 Å². The summed E-state index contributed by atoms with van der Waals surface area (Å²) in [6, 6.07) is 8.25. The van der Waals surface area contributed by atoms with Gasteiger partial charge in [-0.15, -0.1) is 0 Å². The molecule has 0 bridgehead atoms. The van der Waals surface area contributed by atoms with E-state index >= 15 is 0 Å². The molecule has 1 aliphatic rings. The maximum Gasteiger partial charge on any atom is 0.0406 e. The predicted octanol–water partition coefficient (Wildman–Crippen LogP) is 3.55. The van der Waals surface area contributed by atoms with Crippen molar-refractivity contribution in [2.24, 2.45) is 5.92 Å². The smallest absolute Gasteiger partial charge is 0.0406 e. The van der Waals surface area contributed by atoms with Crippen LogP contribution >= 0.6 is 11.6 Å². The minimum Gasteiger partial charge on any atom is -0.317 e. The minimum atomic E-state index is 0.825. The summed E-state index contributed by atoms with van der Waals surface area (Å²) in [6.45, 7) is 7.98. The van der Waals surface area contributed by atoms with Gasteiger partial charge in [0, 0.05) is 11.6 Å². The van der Waals surface area contributed by atoms with Crippen LogP contribution in [0.3, 0.4) is 0 Å². The van der Waals surface area contributed by atoms with Gasteiger partial charge in [-0.3, -0.25) is 4.90 Å². The maximum absolute atomic E-state index is 5.91. The summed E-state index contributed by atoms with van der Waals surface area (Å²) in [5.74, 6) is 0.917. The molecule has 1 fully saturated rings. The molecular weight excluding hydrogens is 256 g/mol. The molecule has 3 heteroatoms. The fourth-order valence-electron chi connectivity index (χ4n) is 2.76.